The first kappa shape index (κ1) is 7.52. The van der Waals surface area contributed by atoms with Crippen LogP contribution in [0.1, 0.15) is 18.2 Å². The lowest BCUT2D eigenvalue weighted by molar-refractivity contribution is 0.0983. The first-order valence-corrected chi connectivity index (χ1v) is 3.63. The monoisotopic (exact) mass is 174 g/mol. The van der Waals surface area contributed by atoms with E-state index in [0.717, 1.165) is 4.68 Å². The molecule has 12 heavy (non-hydrogen) atoms. The van der Waals surface area contributed by atoms with E-state index in [1.54, 1.807) is 6.92 Å². The zero-order valence-corrected chi connectivity index (χ0v) is 6.46. The minimum Gasteiger partial charge on any atom is -0.504 e. The van der Waals surface area contributed by atoms with Crippen molar-refractivity contribution < 1.29 is 13.9 Å². The molecule has 1 heterocycles. The number of nitrogens with zero attached hydrogens (tertiary/aromatic N) is 2. The number of aromatic hydroxyl groups is 1. The Labute approximate surface area is 67.6 Å². The summed E-state index contributed by atoms with van der Waals surface area (Å²) in [5.41, 5.74) is 0.387. The maximum atomic E-state index is 12.5. The number of hydrogen-bond donors (Lipinski definition) is 1. The molecule has 2 rings (SSSR count). The molecule has 0 aromatic carbocycles. The van der Waals surface area contributed by atoms with Crippen LogP contribution in [0.3, 0.4) is 0 Å². The Morgan fingerprint density at radius 1 is 1.75 bits per heavy atom. The highest BCUT2D eigenvalue weighted by Crippen LogP contribution is 2.52. The molecule has 0 amide bonds. The highest BCUT2D eigenvalue weighted by atomic mass is 19.3. The first-order chi connectivity index (χ1) is 5.50. The summed E-state index contributed by atoms with van der Waals surface area (Å²) in [6.45, 7) is 1.58. The van der Waals surface area contributed by atoms with E-state index in [1.807, 2.05) is 0 Å². The van der Waals surface area contributed by atoms with Gasteiger partial charge in [0.25, 0.3) is 5.92 Å². The van der Waals surface area contributed by atoms with Crippen LogP contribution >= 0.6 is 0 Å². The summed E-state index contributed by atoms with van der Waals surface area (Å²) in [6.07, 6.45) is 1.06. The fourth-order valence-corrected chi connectivity index (χ4v) is 1.12. The molecule has 0 aliphatic heterocycles. The van der Waals surface area contributed by atoms with Crippen molar-refractivity contribution in [2.24, 2.45) is 0 Å². The second kappa shape index (κ2) is 1.97. The summed E-state index contributed by atoms with van der Waals surface area (Å²) in [7, 11) is 0. The van der Waals surface area contributed by atoms with Gasteiger partial charge in [-0.2, -0.15) is 5.10 Å². The molecule has 5 heteroatoms. The maximum absolute atomic E-state index is 12.5. The molecule has 1 aliphatic carbocycles. The number of rotatable bonds is 1. The smallest absolute Gasteiger partial charge is 0.272 e. The number of halogens is 2. The number of hydrogen-bond acceptors (Lipinski definition) is 2. The summed E-state index contributed by atoms with van der Waals surface area (Å²) in [5.74, 6) is -2.66. The van der Waals surface area contributed by atoms with E-state index in [-0.39, 0.29) is 12.2 Å². The van der Waals surface area contributed by atoms with Gasteiger partial charge in [0.1, 0.15) is 11.7 Å². The SMILES string of the molecule is Cc1nn(C2CC2(F)F)cc1O. The number of aromatic nitrogens is 2. The highest BCUT2D eigenvalue weighted by Gasteiger charge is 2.59. The second-order valence-corrected chi connectivity index (χ2v) is 3.06. The van der Waals surface area contributed by atoms with Crippen LogP contribution in [0, 0.1) is 6.92 Å². The molecule has 0 radical (unpaired) electrons. The molecule has 1 N–H and O–H groups in total. The Morgan fingerprint density at radius 2 is 2.33 bits per heavy atom. The van der Waals surface area contributed by atoms with Gasteiger partial charge >= 0.3 is 0 Å². The molecule has 0 spiro atoms. The van der Waals surface area contributed by atoms with E-state index in [4.69, 9.17) is 5.11 Å². The van der Waals surface area contributed by atoms with Crippen LogP contribution in [0.5, 0.6) is 5.75 Å². The fraction of sp³-hybridized carbons (Fsp3) is 0.571. The molecular weight excluding hydrogens is 166 g/mol. The first-order valence-electron chi connectivity index (χ1n) is 3.63. The molecule has 0 bridgehead atoms. The topological polar surface area (TPSA) is 38.0 Å². The van der Waals surface area contributed by atoms with Crippen LogP contribution in [0.4, 0.5) is 8.78 Å². The van der Waals surface area contributed by atoms with Gasteiger partial charge in [0.05, 0.1) is 6.20 Å². The van der Waals surface area contributed by atoms with E-state index in [9.17, 15) is 8.78 Å². The molecule has 1 unspecified atom stereocenters. The lowest BCUT2D eigenvalue weighted by Crippen LogP contribution is -2.02. The predicted octanol–water partition coefficient (Wildman–Crippen LogP) is 1.48. The van der Waals surface area contributed by atoms with Crippen LogP contribution in [0.15, 0.2) is 6.20 Å². The zero-order chi connectivity index (χ0) is 8.93. The van der Waals surface area contributed by atoms with Gasteiger partial charge in [0.15, 0.2) is 5.75 Å². The van der Waals surface area contributed by atoms with E-state index in [2.05, 4.69) is 5.10 Å². The maximum Gasteiger partial charge on any atom is 0.272 e. The van der Waals surface area contributed by atoms with Gasteiger partial charge in [-0.25, -0.2) is 8.78 Å². The van der Waals surface area contributed by atoms with Crippen molar-refractivity contribution in [2.45, 2.75) is 25.3 Å². The third kappa shape index (κ3) is 0.964. The Hall–Kier alpha value is -1.13. The van der Waals surface area contributed by atoms with E-state index in [0.29, 0.717) is 5.69 Å². The Morgan fingerprint density at radius 3 is 2.67 bits per heavy atom. The molecule has 1 atom stereocenters. The lowest BCUT2D eigenvalue weighted by Gasteiger charge is -1.96. The number of alkyl halides is 2. The fourth-order valence-electron chi connectivity index (χ4n) is 1.12. The van der Waals surface area contributed by atoms with Crippen molar-refractivity contribution in [1.29, 1.82) is 0 Å². The minimum atomic E-state index is -2.63. The summed E-state index contributed by atoms with van der Waals surface area (Å²) in [6, 6.07) is -0.850. The average molecular weight is 174 g/mol. The Bertz CT molecular complexity index is 302. The van der Waals surface area contributed by atoms with Crippen LogP contribution in [0.2, 0.25) is 0 Å². The zero-order valence-electron chi connectivity index (χ0n) is 6.46. The van der Waals surface area contributed by atoms with Crippen LogP contribution in [-0.4, -0.2) is 20.8 Å². The molecule has 1 fully saturated rings. The predicted molar refractivity (Wildman–Crippen MR) is 37.2 cm³/mol. The van der Waals surface area contributed by atoms with Crippen LogP contribution in [0.25, 0.3) is 0 Å². The van der Waals surface area contributed by atoms with E-state index in [1.165, 1.54) is 6.20 Å². The summed E-state index contributed by atoms with van der Waals surface area (Å²) in [5, 5.41) is 12.8. The largest absolute Gasteiger partial charge is 0.504 e. The van der Waals surface area contributed by atoms with Crippen LogP contribution in [-0.2, 0) is 0 Å². The third-order valence-electron chi connectivity index (χ3n) is 2.00. The lowest BCUT2D eigenvalue weighted by atomic mass is 10.5. The summed E-state index contributed by atoms with van der Waals surface area (Å²) < 4.78 is 26.1. The highest BCUT2D eigenvalue weighted by molar-refractivity contribution is 5.22. The van der Waals surface area contributed by atoms with Crippen LogP contribution < -0.4 is 0 Å². The molecule has 1 aromatic rings. The van der Waals surface area contributed by atoms with Gasteiger partial charge in [-0.05, 0) is 6.92 Å². The third-order valence-corrected chi connectivity index (χ3v) is 2.00. The molecule has 1 aromatic heterocycles. The van der Waals surface area contributed by atoms with Gasteiger partial charge in [-0.3, -0.25) is 4.68 Å². The van der Waals surface area contributed by atoms with Crippen molar-refractivity contribution in [3.05, 3.63) is 11.9 Å². The summed E-state index contributed by atoms with van der Waals surface area (Å²) in [4.78, 5) is 0. The molecular formula is C7H8F2N2O. The molecule has 1 saturated carbocycles. The second-order valence-electron chi connectivity index (χ2n) is 3.06. The molecule has 1 aliphatic rings. The Kier molecular flexibility index (Phi) is 1.23. The Balaban J connectivity index is 2.26. The average Bonchev–Trinajstić information content (AvgIpc) is 2.45. The van der Waals surface area contributed by atoms with Crippen molar-refractivity contribution in [1.82, 2.24) is 9.78 Å². The molecule has 0 saturated heterocycles. The minimum absolute atomic E-state index is 0.0299. The standard InChI is InChI=1S/C7H8F2N2O/c1-4-5(12)3-11(10-4)6-2-7(6,8)9/h3,6,12H,2H2,1H3. The van der Waals surface area contributed by atoms with E-state index < -0.39 is 12.0 Å². The van der Waals surface area contributed by atoms with Crippen molar-refractivity contribution >= 4 is 0 Å². The van der Waals surface area contributed by atoms with Crippen molar-refractivity contribution in [2.75, 3.05) is 0 Å². The van der Waals surface area contributed by atoms with E-state index >= 15 is 0 Å². The van der Waals surface area contributed by atoms with Gasteiger partial charge in [0.2, 0.25) is 0 Å². The molecule has 3 nitrogen and oxygen atoms in total. The van der Waals surface area contributed by atoms with Crippen molar-refractivity contribution in [3.63, 3.8) is 0 Å². The van der Waals surface area contributed by atoms with Gasteiger partial charge < -0.3 is 5.11 Å². The summed E-state index contributed by atoms with van der Waals surface area (Å²) >= 11 is 0. The van der Waals surface area contributed by atoms with Crippen molar-refractivity contribution in [3.8, 4) is 5.75 Å². The molecule has 66 valence electrons. The van der Waals surface area contributed by atoms with Gasteiger partial charge in [-0.15, -0.1) is 0 Å². The van der Waals surface area contributed by atoms with Gasteiger partial charge in [0, 0.05) is 6.42 Å². The normalized spacial score (nSPS) is 25.8. The van der Waals surface area contributed by atoms with Gasteiger partial charge in [-0.1, -0.05) is 0 Å². The quantitative estimate of drug-likeness (QED) is 0.700. The number of aryl methyl sites for hydroxylation is 1.